The van der Waals surface area contributed by atoms with Crippen molar-refractivity contribution in [3.8, 4) is 17.2 Å². The molecule has 32 heavy (non-hydrogen) atoms. The Morgan fingerprint density at radius 2 is 1.78 bits per heavy atom. The van der Waals surface area contributed by atoms with Crippen LogP contribution in [0.2, 0.25) is 0 Å². The van der Waals surface area contributed by atoms with Crippen molar-refractivity contribution >= 4 is 11.7 Å². The van der Waals surface area contributed by atoms with Crippen LogP contribution in [0.4, 0.5) is 8.78 Å². The number of Topliss-reactive ketones (excluding diaryl/α,β-unsaturated/α-hetero) is 1. The van der Waals surface area contributed by atoms with Gasteiger partial charge < -0.3 is 14.4 Å². The Balaban J connectivity index is 1.80. The average Bonchev–Trinajstić information content (AvgIpc) is 3.07. The molecular weight excluding hydrogens is 420 g/mol. The van der Waals surface area contributed by atoms with E-state index in [1.54, 1.807) is 18.5 Å². The first kappa shape index (κ1) is 22.9. The number of rotatable bonds is 8. The van der Waals surface area contributed by atoms with Crippen LogP contribution in [0.5, 0.6) is 11.5 Å². The van der Waals surface area contributed by atoms with Crippen molar-refractivity contribution in [1.29, 1.82) is 0 Å². The Kier molecular flexibility index (Phi) is 6.87. The van der Waals surface area contributed by atoms with Crippen LogP contribution >= 0.6 is 0 Å². The molecule has 2 aromatic carbocycles. The number of ether oxygens (including phenoxy) is 2. The number of aromatic nitrogens is 2. The summed E-state index contributed by atoms with van der Waals surface area (Å²) in [7, 11) is 2.81. The second-order valence-corrected chi connectivity index (χ2v) is 7.15. The third kappa shape index (κ3) is 4.77. The topological polar surface area (TPSA) is 73.7 Å². The molecule has 0 aliphatic carbocycles. The lowest BCUT2D eigenvalue weighted by atomic mass is 10.1. The zero-order valence-corrected chi connectivity index (χ0v) is 18.1. The van der Waals surface area contributed by atoms with Gasteiger partial charge in [-0.25, -0.2) is 4.68 Å². The Morgan fingerprint density at radius 1 is 1.09 bits per heavy atom. The predicted molar refractivity (Wildman–Crippen MR) is 113 cm³/mol. The van der Waals surface area contributed by atoms with Crippen LogP contribution in [0.25, 0.3) is 5.69 Å². The summed E-state index contributed by atoms with van der Waals surface area (Å²) in [6, 6.07) is 13.6. The zero-order valence-electron chi connectivity index (χ0n) is 18.1. The van der Waals surface area contributed by atoms with E-state index in [-0.39, 0.29) is 23.6 Å². The number of ketones is 1. The first-order chi connectivity index (χ1) is 15.2. The van der Waals surface area contributed by atoms with Crippen LogP contribution in [0.1, 0.15) is 27.3 Å². The van der Waals surface area contributed by atoms with Crippen molar-refractivity contribution in [2.45, 2.75) is 27.0 Å². The number of nitrogens with zero attached hydrogens (tertiary/aromatic N) is 3. The number of alkyl halides is 2. The van der Waals surface area contributed by atoms with E-state index in [0.29, 0.717) is 17.0 Å². The maximum atomic E-state index is 13.0. The maximum Gasteiger partial charge on any atom is 0.387 e. The summed E-state index contributed by atoms with van der Waals surface area (Å²) in [6.45, 7) is 0.500. The van der Waals surface area contributed by atoms with Gasteiger partial charge in [0.05, 0.1) is 29.7 Å². The molecule has 9 heteroatoms. The normalized spacial score (nSPS) is 10.8. The molecule has 3 aromatic rings. The third-order valence-corrected chi connectivity index (χ3v) is 4.92. The number of benzene rings is 2. The summed E-state index contributed by atoms with van der Waals surface area (Å²) in [4.78, 5) is 27.1. The molecule has 0 N–H and O–H groups in total. The molecule has 0 spiro atoms. The van der Waals surface area contributed by atoms with Crippen LogP contribution < -0.4 is 9.47 Å². The van der Waals surface area contributed by atoms with E-state index in [1.165, 1.54) is 37.3 Å². The minimum atomic E-state index is -2.99. The van der Waals surface area contributed by atoms with Crippen molar-refractivity contribution in [2.75, 3.05) is 14.2 Å². The molecule has 1 aromatic heterocycles. The minimum absolute atomic E-state index is 0.0702. The molecule has 168 valence electrons. The molecule has 0 bridgehead atoms. The number of amides is 1. The van der Waals surface area contributed by atoms with Crippen LogP contribution in [-0.4, -0.2) is 47.1 Å². The SMILES string of the molecule is COc1cc(CN(C)C(=O)C(=O)c2c(C)nn(-c3ccccc3)c2C)ccc1OC(F)F. The number of para-hydroxylation sites is 1. The molecule has 0 fully saturated rings. The van der Waals surface area contributed by atoms with Gasteiger partial charge in [0.1, 0.15) is 0 Å². The van der Waals surface area contributed by atoms with Crippen molar-refractivity contribution < 1.29 is 27.8 Å². The van der Waals surface area contributed by atoms with Gasteiger partial charge in [-0.2, -0.15) is 13.9 Å². The first-order valence-corrected chi connectivity index (χ1v) is 9.76. The van der Waals surface area contributed by atoms with Gasteiger partial charge >= 0.3 is 6.61 Å². The number of hydrogen-bond donors (Lipinski definition) is 0. The molecule has 1 amide bonds. The highest BCUT2D eigenvalue weighted by Crippen LogP contribution is 2.30. The van der Waals surface area contributed by atoms with E-state index in [9.17, 15) is 18.4 Å². The van der Waals surface area contributed by atoms with Gasteiger partial charge in [-0.15, -0.1) is 0 Å². The standard InChI is InChI=1S/C23H23F2N3O4/c1-14-20(15(2)28(26-14)17-8-6-5-7-9-17)21(29)22(30)27(3)13-16-10-11-18(32-23(24)25)19(12-16)31-4/h5-12,23H,13H2,1-4H3. The molecule has 0 aliphatic rings. The van der Waals surface area contributed by atoms with E-state index >= 15 is 0 Å². The van der Waals surface area contributed by atoms with Crippen LogP contribution in [-0.2, 0) is 11.3 Å². The van der Waals surface area contributed by atoms with Gasteiger partial charge in [-0.1, -0.05) is 24.3 Å². The summed E-state index contributed by atoms with van der Waals surface area (Å²) in [5.74, 6) is -1.40. The fraction of sp³-hybridized carbons (Fsp3) is 0.261. The highest BCUT2D eigenvalue weighted by atomic mass is 19.3. The molecule has 0 unspecified atom stereocenters. The fourth-order valence-electron chi connectivity index (χ4n) is 3.42. The summed E-state index contributed by atoms with van der Waals surface area (Å²) in [5.41, 5.74) is 2.64. The van der Waals surface area contributed by atoms with Crippen molar-refractivity contribution in [3.63, 3.8) is 0 Å². The quantitative estimate of drug-likeness (QED) is 0.390. The van der Waals surface area contributed by atoms with E-state index in [1.807, 2.05) is 30.3 Å². The van der Waals surface area contributed by atoms with Crippen molar-refractivity contribution in [2.24, 2.45) is 0 Å². The fourth-order valence-corrected chi connectivity index (χ4v) is 3.42. The number of carbonyl (C=O) groups is 2. The van der Waals surface area contributed by atoms with E-state index in [4.69, 9.17) is 4.74 Å². The predicted octanol–water partition coefficient (Wildman–Crippen LogP) is 3.94. The monoisotopic (exact) mass is 443 g/mol. The van der Waals surface area contributed by atoms with Crippen molar-refractivity contribution in [1.82, 2.24) is 14.7 Å². The number of carbonyl (C=O) groups excluding carboxylic acids is 2. The third-order valence-electron chi connectivity index (χ3n) is 4.92. The van der Waals surface area contributed by atoms with Crippen LogP contribution in [0.15, 0.2) is 48.5 Å². The second-order valence-electron chi connectivity index (χ2n) is 7.15. The zero-order chi connectivity index (χ0) is 23.4. The Bertz CT molecular complexity index is 1130. The number of likely N-dealkylation sites (N-methyl/N-ethyl adjacent to an activating group) is 1. The Morgan fingerprint density at radius 3 is 2.41 bits per heavy atom. The summed E-state index contributed by atoms with van der Waals surface area (Å²) >= 11 is 0. The number of aryl methyl sites for hydroxylation is 1. The molecule has 7 nitrogen and oxygen atoms in total. The summed E-state index contributed by atoms with van der Waals surface area (Å²) < 4.78 is 36.1. The van der Waals surface area contributed by atoms with Gasteiger partial charge in [-0.3, -0.25) is 9.59 Å². The molecular formula is C23H23F2N3O4. The summed E-state index contributed by atoms with van der Waals surface area (Å²) in [5, 5.41) is 4.42. The molecule has 0 radical (unpaired) electrons. The summed E-state index contributed by atoms with van der Waals surface area (Å²) in [6.07, 6.45) is 0. The van der Waals surface area contributed by atoms with Gasteiger partial charge in [-0.05, 0) is 43.7 Å². The smallest absolute Gasteiger partial charge is 0.387 e. The largest absolute Gasteiger partial charge is 0.493 e. The Hall–Kier alpha value is -3.75. The molecule has 0 saturated carbocycles. The molecule has 3 rings (SSSR count). The number of halogens is 2. The highest BCUT2D eigenvalue weighted by molar-refractivity contribution is 6.43. The maximum absolute atomic E-state index is 13.0. The average molecular weight is 443 g/mol. The lowest BCUT2D eigenvalue weighted by Crippen LogP contribution is -2.33. The minimum Gasteiger partial charge on any atom is -0.493 e. The van der Waals surface area contributed by atoms with E-state index in [0.717, 1.165) is 5.69 Å². The van der Waals surface area contributed by atoms with Crippen LogP contribution in [0, 0.1) is 13.8 Å². The second kappa shape index (κ2) is 9.59. The molecule has 1 heterocycles. The lowest BCUT2D eigenvalue weighted by molar-refractivity contribution is -0.125. The van der Waals surface area contributed by atoms with Gasteiger partial charge in [0, 0.05) is 13.6 Å². The lowest BCUT2D eigenvalue weighted by Gasteiger charge is -2.18. The molecule has 0 atom stereocenters. The van der Waals surface area contributed by atoms with Gasteiger partial charge in [0.25, 0.3) is 11.7 Å². The first-order valence-electron chi connectivity index (χ1n) is 9.76. The van der Waals surface area contributed by atoms with E-state index < -0.39 is 18.3 Å². The Labute approximate surface area is 184 Å². The van der Waals surface area contributed by atoms with Crippen molar-refractivity contribution in [3.05, 3.63) is 71.0 Å². The number of methoxy groups -OCH3 is 1. The highest BCUT2D eigenvalue weighted by Gasteiger charge is 2.27. The van der Waals surface area contributed by atoms with E-state index in [2.05, 4.69) is 9.84 Å². The molecule has 0 saturated heterocycles. The van der Waals surface area contributed by atoms with Crippen LogP contribution in [0.3, 0.4) is 0 Å². The number of hydrogen-bond acceptors (Lipinski definition) is 5. The van der Waals surface area contributed by atoms with Gasteiger partial charge in [0.15, 0.2) is 11.5 Å². The molecule has 0 aliphatic heterocycles. The van der Waals surface area contributed by atoms with Gasteiger partial charge in [0.2, 0.25) is 0 Å².